The number of hydrogen-bond donors (Lipinski definition) is 1. The summed E-state index contributed by atoms with van der Waals surface area (Å²) in [6.45, 7) is 0.530. The fourth-order valence-corrected chi connectivity index (χ4v) is 3.30. The lowest BCUT2D eigenvalue weighted by atomic mass is 9.66. The molecule has 0 saturated heterocycles. The second-order valence-corrected chi connectivity index (χ2v) is 6.81. The molecule has 2 saturated carbocycles. The van der Waals surface area contributed by atoms with E-state index in [1.54, 1.807) is 6.07 Å². The zero-order chi connectivity index (χ0) is 16.4. The van der Waals surface area contributed by atoms with Crippen LogP contribution >= 0.6 is 0 Å². The average molecular weight is 319 g/mol. The van der Waals surface area contributed by atoms with Crippen molar-refractivity contribution in [2.45, 2.75) is 51.0 Å². The molecular formula is C18H22FNO3. The van der Waals surface area contributed by atoms with Gasteiger partial charge in [-0.15, -0.1) is 0 Å². The van der Waals surface area contributed by atoms with Gasteiger partial charge in [0, 0.05) is 19.0 Å². The van der Waals surface area contributed by atoms with Gasteiger partial charge in [-0.25, -0.2) is 4.39 Å². The Bertz CT molecular complexity index is 608. The molecule has 1 aromatic carbocycles. The summed E-state index contributed by atoms with van der Waals surface area (Å²) in [5, 5.41) is 9.39. The van der Waals surface area contributed by atoms with Crippen molar-refractivity contribution in [1.29, 1.82) is 0 Å². The van der Waals surface area contributed by atoms with Crippen molar-refractivity contribution in [3.63, 3.8) is 0 Å². The van der Waals surface area contributed by atoms with Gasteiger partial charge in [0.25, 0.3) is 0 Å². The summed E-state index contributed by atoms with van der Waals surface area (Å²) in [6.07, 6.45) is 4.73. The van der Waals surface area contributed by atoms with Gasteiger partial charge in [-0.3, -0.25) is 9.59 Å². The topological polar surface area (TPSA) is 57.6 Å². The van der Waals surface area contributed by atoms with Crippen LogP contribution in [0.3, 0.4) is 0 Å². The van der Waals surface area contributed by atoms with Crippen molar-refractivity contribution < 1.29 is 19.1 Å². The Balaban J connectivity index is 1.62. The van der Waals surface area contributed by atoms with E-state index in [0.29, 0.717) is 25.8 Å². The molecule has 0 atom stereocenters. The molecule has 0 radical (unpaired) electrons. The molecule has 124 valence electrons. The van der Waals surface area contributed by atoms with E-state index in [1.807, 2.05) is 11.0 Å². The van der Waals surface area contributed by atoms with Gasteiger partial charge < -0.3 is 10.0 Å². The maximum Gasteiger partial charge on any atom is 0.310 e. The summed E-state index contributed by atoms with van der Waals surface area (Å²) in [5.74, 6) is -1.19. The van der Waals surface area contributed by atoms with Crippen LogP contribution in [0.25, 0.3) is 0 Å². The minimum absolute atomic E-state index is 0.0639. The van der Waals surface area contributed by atoms with Crippen molar-refractivity contribution in [2.24, 2.45) is 5.41 Å². The largest absolute Gasteiger partial charge is 0.481 e. The van der Waals surface area contributed by atoms with Crippen molar-refractivity contribution in [1.82, 2.24) is 4.90 Å². The maximum atomic E-state index is 13.2. The summed E-state index contributed by atoms with van der Waals surface area (Å²) >= 11 is 0. The van der Waals surface area contributed by atoms with Crippen LogP contribution in [0.5, 0.6) is 0 Å². The Morgan fingerprint density at radius 1 is 1.30 bits per heavy atom. The monoisotopic (exact) mass is 319 g/mol. The molecule has 4 nitrogen and oxygen atoms in total. The molecular weight excluding hydrogens is 297 g/mol. The summed E-state index contributed by atoms with van der Waals surface area (Å²) in [7, 11) is 0. The second kappa shape index (κ2) is 6.30. The molecule has 23 heavy (non-hydrogen) atoms. The average Bonchev–Trinajstić information content (AvgIpc) is 3.27. The number of amides is 1. The molecule has 1 N–H and O–H groups in total. The van der Waals surface area contributed by atoms with Crippen molar-refractivity contribution >= 4 is 11.9 Å². The van der Waals surface area contributed by atoms with Crippen LogP contribution in [0.2, 0.25) is 0 Å². The number of aliphatic carboxylic acids is 1. The Hall–Kier alpha value is -1.91. The number of halogens is 1. The first-order valence-corrected chi connectivity index (χ1v) is 8.27. The molecule has 1 amide bonds. The summed E-state index contributed by atoms with van der Waals surface area (Å²) in [5.41, 5.74) is 0.0170. The number of carboxylic acids is 1. The molecule has 2 aliphatic carbocycles. The first-order valence-electron chi connectivity index (χ1n) is 8.27. The molecule has 0 spiro atoms. The predicted molar refractivity (Wildman–Crippen MR) is 83.4 cm³/mol. The standard InChI is InChI=1S/C18H22FNO3/c19-14-4-1-3-13(11-14)7-10-20(15-5-6-15)16(21)12-18(17(22)23)8-2-9-18/h1,3-4,11,15H,2,5-10,12H2,(H,22,23). The van der Waals surface area contributed by atoms with E-state index >= 15 is 0 Å². The van der Waals surface area contributed by atoms with E-state index in [-0.39, 0.29) is 24.2 Å². The molecule has 2 fully saturated rings. The van der Waals surface area contributed by atoms with Crippen LogP contribution in [-0.2, 0) is 16.0 Å². The van der Waals surface area contributed by atoms with E-state index in [4.69, 9.17) is 0 Å². The fraction of sp³-hybridized carbons (Fsp3) is 0.556. The maximum absolute atomic E-state index is 13.2. The number of carbonyl (C=O) groups is 2. The Kier molecular flexibility index (Phi) is 4.37. The van der Waals surface area contributed by atoms with E-state index in [9.17, 15) is 19.1 Å². The summed E-state index contributed by atoms with van der Waals surface area (Å²) < 4.78 is 13.2. The van der Waals surface area contributed by atoms with Crippen molar-refractivity contribution in [3.8, 4) is 0 Å². The van der Waals surface area contributed by atoms with E-state index in [2.05, 4.69) is 0 Å². The SMILES string of the molecule is O=C(CC1(C(=O)O)CCC1)N(CCc1cccc(F)c1)C1CC1. The lowest BCUT2D eigenvalue weighted by Crippen LogP contribution is -2.45. The number of nitrogens with zero attached hydrogens (tertiary/aromatic N) is 1. The first-order chi connectivity index (χ1) is 11.0. The molecule has 0 aromatic heterocycles. The van der Waals surface area contributed by atoms with Gasteiger partial charge in [0.05, 0.1) is 5.41 Å². The van der Waals surface area contributed by atoms with Gasteiger partial charge in [0.2, 0.25) is 5.91 Å². The van der Waals surface area contributed by atoms with Crippen LogP contribution in [0.1, 0.15) is 44.1 Å². The minimum Gasteiger partial charge on any atom is -0.481 e. The van der Waals surface area contributed by atoms with Crippen LogP contribution in [0.4, 0.5) is 4.39 Å². The third-order valence-corrected chi connectivity index (χ3v) is 5.09. The molecule has 2 aliphatic rings. The fourth-order valence-electron chi connectivity index (χ4n) is 3.30. The number of hydrogen-bond acceptors (Lipinski definition) is 2. The van der Waals surface area contributed by atoms with Gasteiger partial charge in [-0.05, 0) is 49.8 Å². The Morgan fingerprint density at radius 3 is 2.57 bits per heavy atom. The predicted octanol–water partition coefficient (Wildman–Crippen LogP) is 3.00. The normalized spacial score (nSPS) is 19.0. The van der Waals surface area contributed by atoms with Gasteiger partial charge in [0.15, 0.2) is 0 Å². The highest BCUT2D eigenvalue weighted by atomic mass is 19.1. The Morgan fingerprint density at radius 2 is 2.04 bits per heavy atom. The number of carbonyl (C=O) groups excluding carboxylic acids is 1. The van der Waals surface area contributed by atoms with Crippen molar-refractivity contribution in [3.05, 3.63) is 35.6 Å². The van der Waals surface area contributed by atoms with E-state index in [1.165, 1.54) is 12.1 Å². The van der Waals surface area contributed by atoms with E-state index in [0.717, 1.165) is 24.8 Å². The molecule has 0 heterocycles. The quantitative estimate of drug-likeness (QED) is 0.840. The highest BCUT2D eigenvalue weighted by Gasteiger charge is 2.47. The van der Waals surface area contributed by atoms with Crippen LogP contribution in [-0.4, -0.2) is 34.5 Å². The highest BCUT2D eigenvalue weighted by molar-refractivity contribution is 5.86. The molecule has 0 bridgehead atoms. The van der Waals surface area contributed by atoms with Gasteiger partial charge >= 0.3 is 5.97 Å². The van der Waals surface area contributed by atoms with Crippen LogP contribution in [0.15, 0.2) is 24.3 Å². The minimum atomic E-state index is -0.849. The molecule has 0 aliphatic heterocycles. The van der Waals surface area contributed by atoms with E-state index < -0.39 is 11.4 Å². The smallest absolute Gasteiger partial charge is 0.310 e. The number of carboxylic acid groups (broad SMARTS) is 1. The molecule has 3 rings (SSSR count). The highest BCUT2D eigenvalue weighted by Crippen LogP contribution is 2.45. The zero-order valence-corrected chi connectivity index (χ0v) is 13.1. The zero-order valence-electron chi connectivity index (χ0n) is 13.1. The molecule has 1 aromatic rings. The first kappa shape index (κ1) is 16.0. The molecule has 0 unspecified atom stereocenters. The second-order valence-electron chi connectivity index (χ2n) is 6.81. The third kappa shape index (κ3) is 3.54. The number of benzene rings is 1. The Labute approximate surface area is 135 Å². The van der Waals surface area contributed by atoms with Gasteiger partial charge in [-0.1, -0.05) is 18.6 Å². The summed E-state index contributed by atoms with van der Waals surface area (Å²) in [6, 6.07) is 6.65. The lowest BCUT2D eigenvalue weighted by molar-refractivity contribution is -0.159. The van der Waals surface area contributed by atoms with Crippen LogP contribution < -0.4 is 0 Å². The lowest BCUT2D eigenvalue weighted by Gasteiger charge is -2.38. The number of rotatable bonds is 7. The third-order valence-electron chi connectivity index (χ3n) is 5.09. The van der Waals surface area contributed by atoms with Gasteiger partial charge in [-0.2, -0.15) is 0 Å². The van der Waals surface area contributed by atoms with Gasteiger partial charge in [0.1, 0.15) is 5.82 Å². The van der Waals surface area contributed by atoms with Crippen molar-refractivity contribution in [2.75, 3.05) is 6.54 Å². The van der Waals surface area contributed by atoms with Crippen LogP contribution in [0, 0.1) is 11.2 Å². The summed E-state index contributed by atoms with van der Waals surface area (Å²) in [4.78, 5) is 25.9. The molecule has 5 heteroatoms.